The Hall–Kier alpha value is -2.70. The van der Waals surface area contributed by atoms with Crippen LogP contribution in [0.15, 0.2) is 24.3 Å². The zero-order valence-electron chi connectivity index (χ0n) is 15.7. The molecule has 0 bridgehead atoms. The second-order valence-corrected chi connectivity index (χ2v) is 7.52. The van der Waals surface area contributed by atoms with Crippen molar-refractivity contribution < 1.29 is 19.2 Å². The highest BCUT2D eigenvalue weighted by Gasteiger charge is 2.37. The molecule has 2 heterocycles. The maximum absolute atomic E-state index is 12.7. The van der Waals surface area contributed by atoms with Crippen LogP contribution in [0.2, 0.25) is 0 Å². The summed E-state index contributed by atoms with van der Waals surface area (Å²) >= 11 is 0. The quantitative estimate of drug-likeness (QED) is 0.767. The van der Waals surface area contributed by atoms with E-state index in [1.54, 1.807) is 29.2 Å². The summed E-state index contributed by atoms with van der Waals surface area (Å²) in [6.45, 7) is 5.01. The van der Waals surface area contributed by atoms with Crippen LogP contribution in [0.4, 0.5) is 0 Å². The molecule has 144 valence electrons. The van der Waals surface area contributed by atoms with E-state index in [0.29, 0.717) is 30.6 Å². The number of benzene rings is 1. The highest BCUT2D eigenvalue weighted by atomic mass is 16.2. The Morgan fingerprint density at radius 3 is 2.11 bits per heavy atom. The molecule has 2 aliphatic heterocycles. The lowest BCUT2D eigenvalue weighted by Gasteiger charge is -2.26. The summed E-state index contributed by atoms with van der Waals surface area (Å²) in [7, 11) is 0. The molecule has 1 aromatic carbocycles. The van der Waals surface area contributed by atoms with Crippen LogP contribution in [0.1, 0.15) is 53.8 Å². The van der Waals surface area contributed by atoms with Gasteiger partial charge in [-0.1, -0.05) is 26.0 Å². The number of nitrogens with one attached hydrogen (secondary N) is 1. The standard InChI is InChI=1S/C20H25N3O4/c1-13(2)11-16(20(27)22-9-5-6-10-22)21-17(24)12-23-18(25)14-7-3-4-8-15(14)19(23)26/h3-4,7-8,13,16H,5-6,9-12H2,1-2H3,(H,21,24)/t16-/m0/s1. The molecule has 1 saturated heterocycles. The van der Waals surface area contributed by atoms with E-state index in [2.05, 4.69) is 5.32 Å². The minimum absolute atomic E-state index is 0.0862. The minimum atomic E-state index is -0.634. The van der Waals surface area contributed by atoms with Gasteiger partial charge in [0, 0.05) is 13.1 Å². The van der Waals surface area contributed by atoms with Crippen molar-refractivity contribution in [3.05, 3.63) is 35.4 Å². The van der Waals surface area contributed by atoms with Crippen LogP contribution >= 0.6 is 0 Å². The molecule has 2 aliphatic rings. The van der Waals surface area contributed by atoms with E-state index in [9.17, 15) is 19.2 Å². The second-order valence-electron chi connectivity index (χ2n) is 7.52. The van der Waals surface area contributed by atoms with Gasteiger partial charge < -0.3 is 10.2 Å². The van der Waals surface area contributed by atoms with Gasteiger partial charge in [0.1, 0.15) is 12.6 Å². The number of carbonyl (C=O) groups is 4. The molecule has 0 aliphatic carbocycles. The zero-order chi connectivity index (χ0) is 19.6. The number of rotatable bonds is 6. The molecular formula is C20H25N3O4. The normalized spacial score (nSPS) is 17.4. The Labute approximate surface area is 158 Å². The van der Waals surface area contributed by atoms with Crippen molar-refractivity contribution in [1.29, 1.82) is 0 Å². The number of hydrogen-bond donors (Lipinski definition) is 1. The number of likely N-dealkylation sites (tertiary alicyclic amines) is 1. The summed E-state index contributed by atoms with van der Waals surface area (Å²) in [4.78, 5) is 52.8. The molecule has 27 heavy (non-hydrogen) atoms. The van der Waals surface area contributed by atoms with Gasteiger partial charge in [-0.3, -0.25) is 24.1 Å². The summed E-state index contributed by atoms with van der Waals surface area (Å²) in [5.41, 5.74) is 0.615. The monoisotopic (exact) mass is 371 g/mol. The van der Waals surface area contributed by atoms with Crippen molar-refractivity contribution >= 4 is 23.6 Å². The summed E-state index contributed by atoms with van der Waals surface area (Å²) in [5, 5.41) is 2.74. The van der Waals surface area contributed by atoms with Crippen LogP contribution < -0.4 is 5.32 Å². The SMILES string of the molecule is CC(C)C[C@H](NC(=O)CN1C(=O)c2ccccc2C1=O)C(=O)N1CCCC1. The molecule has 1 fully saturated rings. The van der Waals surface area contributed by atoms with Gasteiger partial charge in [0.05, 0.1) is 11.1 Å². The Morgan fingerprint density at radius 2 is 1.59 bits per heavy atom. The van der Waals surface area contributed by atoms with Crippen molar-refractivity contribution in [2.24, 2.45) is 5.92 Å². The number of carbonyl (C=O) groups excluding carboxylic acids is 4. The van der Waals surface area contributed by atoms with Crippen molar-refractivity contribution in [3.63, 3.8) is 0 Å². The molecule has 0 radical (unpaired) electrons. The van der Waals surface area contributed by atoms with Gasteiger partial charge in [-0.15, -0.1) is 0 Å². The largest absolute Gasteiger partial charge is 0.343 e. The molecule has 7 nitrogen and oxygen atoms in total. The lowest BCUT2D eigenvalue weighted by Crippen LogP contribution is -2.51. The molecule has 4 amide bonds. The summed E-state index contributed by atoms with van der Waals surface area (Å²) in [5.74, 6) is -1.31. The third-order valence-corrected chi connectivity index (χ3v) is 4.94. The van der Waals surface area contributed by atoms with E-state index in [-0.39, 0.29) is 18.4 Å². The number of nitrogens with zero attached hydrogens (tertiary/aromatic N) is 2. The molecule has 7 heteroatoms. The van der Waals surface area contributed by atoms with Gasteiger partial charge in [0.25, 0.3) is 11.8 Å². The molecule has 0 saturated carbocycles. The van der Waals surface area contributed by atoms with Gasteiger partial charge in [0.15, 0.2) is 0 Å². The Balaban J connectivity index is 1.67. The van der Waals surface area contributed by atoms with Crippen LogP contribution in [0.3, 0.4) is 0 Å². The molecule has 1 atom stereocenters. The second kappa shape index (κ2) is 7.90. The van der Waals surface area contributed by atoms with E-state index in [1.165, 1.54) is 0 Å². The third kappa shape index (κ3) is 4.02. The van der Waals surface area contributed by atoms with Crippen LogP contribution in [-0.4, -0.2) is 59.1 Å². The number of amides is 4. The van der Waals surface area contributed by atoms with E-state index in [0.717, 1.165) is 17.7 Å². The molecule has 3 rings (SSSR count). The summed E-state index contributed by atoms with van der Waals surface area (Å²) in [6.07, 6.45) is 2.47. The van der Waals surface area contributed by atoms with Crippen molar-refractivity contribution in [2.45, 2.75) is 39.2 Å². The maximum atomic E-state index is 12.7. The minimum Gasteiger partial charge on any atom is -0.343 e. The van der Waals surface area contributed by atoms with Gasteiger partial charge in [-0.2, -0.15) is 0 Å². The fraction of sp³-hybridized carbons (Fsp3) is 0.500. The highest BCUT2D eigenvalue weighted by molar-refractivity contribution is 6.22. The van der Waals surface area contributed by atoms with E-state index < -0.39 is 23.8 Å². The van der Waals surface area contributed by atoms with Crippen LogP contribution in [0.5, 0.6) is 0 Å². The van der Waals surface area contributed by atoms with Gasteiger partial charge >= 0.3 is 0 Å². The number of hydrogen-bond acceptors (Lipinski definition) is 4. The molecular weight excluding hydrogens is 346 g/mol. The average Bonchev–Trinajstić information content (AvgIpc) is 3.24. The summed E-state index contributed by atoms with van der Waals surface area (Å²) < 4.78 is 0. The van der Waals surface area contributed by atoms with Crippen LogP contribution in [-0.2, 0) is 9.59 Å². The topological polar surface area (TPSA) is 86.8 Å². The fourth-order valence-electron chi connectivity index (χ4n) is 3.62. The van der Waals surface area contributed by atoms with E-state index in [1.807, 2.05) is 13.8 Å². The first-order valence-electron chi connectivity index (χ1n) is 9.42. The van der Waals surface area contributed by atoms with Crippen LogP contribution in [0, 0.1) is 5.92 Å². The zero-order valence-corrected chi connectivity index (χ0v) is 15.7. The first-order chi connectivity index (χ1) is 12.9. The average molecular weight is 371 g/mol. The molecule has 0 spiro atoms. The van der Waals surface area contributed by atoms with Crippen molar-refractivity contribution in [1.82, 2.24) is 15.1 Å². The Morgan fingerprint density at radius 1 is 1.04 bits per heavy atom. The number of fused-ring (bicyclic) bond motifs is 1. The van der Waals surface area contributed by atoms with Gasteiger partial charge in [-0.05, 0) is 37.3 Å². The highest BCUT2D eigenvalue weighted by Crippen LogP contribution is 2.22. The van der Waals surface area contributed by atoms with E-state index >= 15 is 0 Å². The van der Waals surface area contributed by atoms with Gasteiger partial charge in [0.2, 0.25) is 11.8 Å². The van der Waals surface area contributed by atoms with Crippen molar-refractivity contribution in [2.75, 3.05) is 19.6 Å². The van der Waals surface area contributed by atoms with Crippen LogP contribution in [0.25, 0.3) is 0 Å². The lowest BCUT2D eigenvalue weighted by molar-refractivity contribution is -0.136. The smallest absolute Gasteiger partial charge is 0.262 e. The first-order valence-corrected chi connectivity index (χ1v) is 9.42. The summed E-state index contributed by atoms with van der Waals surface area (Å²) in [6, 6.07) is 5.88. The Bertz CT molecular complexity index is 733. The first kappa shape index (κ1) is 19.1. The molecule has 1 N–H and O–H groups in total. The molecule has 1 aromatic rings. The maximum Gasteiger partial charge on any atom is 0.262 e. The van der Waals surface area contributed by atoms with Crippen molar-refractivity contribution in [3.8, 4) is 0 Å². The molecule has 0 unspecified atom stereocenters. The van der Waals surface area contributed by atoms with E-state index in [4.69, 9.17) is 0 Å². The molecule has 0 aromatic heterocycles. The lowest BCUT2D eigenvalue weighted by atomic mass is 10.0. The van der Waals surface area contributed by atoms with Gasteiger partial charge in [-0.25, -0.2) is 0 Å². The third-order valence-electron chi connectivity index (χ3n) is 4.94. The Kier molecular flexibility index (Phi) is 5.58. The predicted molar refractivity (Wildman–Crippen MR) is 99.0 cm³/mol. The number of imide groups is 1. The fourth-order valence-corrected chi connectivity index (χ4v) is 3.62. The predicted octanol–water partition coefficient (Wildman–Crippen LogP) is 1.44.